The average molecular weight is 528 g/mol. The fourth-order valence-electron chi connectivity index (χ4n) is 4.15. The number of carbonyl (C=O) groups is 1. The molecule has 1 aromatic carbocycles. The average Bonchev–Trinajstić information content (AvgIpc) is 2.83. The molecule has 0 aliphatic rings. The third-order valence-electron chi connectivity index (χ3n) is 6.13. The highest BCUT2D eigenvalue weighted by Crippen LogP contribution is 2.45. The van der Waals surface area contributed by atoms with E-state index in [9.17, 15) is 14.3 Å². The van der Waals surface area contributed by atoms with Gasteiger partial charge in [-0.1, -0.05) is 83.3 Å². The van der Waals surface area contributed by atoms with Gasteiger partial charge >= 0.3 is 7.82 Å². The Hall–Kier alpha value is -1.24. The molecule has 8 heteroatoms. The van der Waals surface area contributed by atoms with Crippen LogP contribution in [0.3, 0.4) is 0 Å². The van der Waals surface area contributed by atoms with Gasteiger partial charge in [-0.2, -0.15) is 0 Å². The highest BCUT2D eigenvalue weighted by Gasteiger charge is 2.26. The van der Waals surface area contributed by atoms with Gasteiger partial charge < -0.3 is 20.2 Å². The quantitative estimate of drug-likeness (QED) is 0.117. The molecular formula is C28H50NO6P. The van der Waals surface area contributed by atoms with Crippen LogP contribution in [-0.2, 0) is 24.8 Å². The first-order chi connectivity index (χ1) is 17.3. The van der Waals surface area contributed by atoms with Crippen molar-refractivity contribution in [1.82, 2.24) is 0 Å². The molecule has 36 heavy (non-hydrogen) atoms. The number of ether oxygens (including phenoxy) is 1. The molecule has 1 aromatic rings. The van der Waals surface area contributed by atoms with Crippen LogP contribution >= 0.6 is 7.82 Å². The minimum atomic E-state index is -4.23. The van der Waals surface area contributed by atoms with Gasteiger partial charge in [0.05, 0.1) is 19.3 Å². The third kappa shape index (κ3) is 17.3. The minimum absolute atomic E-state index is 0.00323. The van der Waals surface area contributed by atoms with Crippen LogP contribution in [0.4, 0.5) is 0 Å². The van der Waals surface area contributed by atoms with Gasteiger partial charge in [0.1, 0.15) is 11.5 Å². The molecule has 0 heterocycles. The summed E-state index contributed by atoms with van der Waals surface area (Å²) in [5.41, 5.74) is 6.43. The highest BCUT2D eigenvalue weighted by molar-refractivity contribution is 7.47. The van der Waals surface area contributed by atoms with Crippen molar-refractivity contribution in [2.24, 2.45) is 11.7 Å². The van der Waals surface area contributed by atoms with Gasteiger partial charge in [0.25, 0.3) is 0 Å². The number of benzene rings is 1. The molecule has 208 valence electrons. The lowest BCUT2D eigenvalue weighted by Gasteiger charge is -2.20. The Morgan fingerprint density at radius 3 is 2.22 bits per heavy atom. The van der Waals surface area contributed by atoms with Crippen molar-refractivity contribution < 1.29 is 28.0 Å². The Morgan fingerprint density at radius 2 is 1.64 bits per heavy atom. The highest BCUT2D eigenvalue weighted by atomic mass is 31.2. The van der Waals surface area contributed by atoms with E-state index in [1.165, 1.54) is 71.1 Å². The number of nitrogens with two attached hydrogens (primary N) is 1. The van der Waals surface area contributed by atoms with Crippen LogP contribution in [0.25, 0.3) is 0 Å². The summed E-state index contributed by atoms with van der Waals surface area (Å²) in [6, 6.07) is 7.80. The molecule has 0 aliphatic carbocycles. The number of unbranched alkanes of at least 4 members (excludes halogenated alkanes) is 10. The van der Waals surface area contributed by atoms with Gasteiger partial charge in [0, 0.05) is 13.0 Å². The molecule has 0 aromatic heterocycles. The van der Waals surface area contributed by atoms with Gasteiger partial charge in [0.2, 0.25) is 0 Å². The van der Waals surface area contributed by atoms with E-state index < -0.39 is 13.9 Å². The van der Waals surface area contributed by atoms with Crippen molar-refractivity contribution in [3.05, 3.63) is 29.8 Å². The zero-order chi connectivity index (χ0) is 26.7. The molecule has 3 N–H and O–H groups in total. The van der Waals surface area contributed by atoms with Crippen LogP contribution in [-0.4, -0.2) is 36.5 Å². The maximum atomic E-state index is 12.1. The summed E-state index contributed by atoms with van der Waals surface area (Å²) in [6.45, 7) is 6.09. The molecule has 0 spiro atoms. The zero-order valence-electron chi connectivity index (χ0n) is 22.8. The summed E-state index contributed by atoms with van der Waals surface area (Å²) in [5.74, 6) is 0.549. The van der Waals surface area contributed by atoms with Crippen LogP contribution in [0.15, 0.2) is 24.3 Å². The Balaban J connectivity index is 2.36. The van der Waals surface area contributed by atoms with Crippen molar-refractivity contribution >= 4 is 13.6 Å². The Bertz CT molecular complexity index is 759. The fraction of sp³-hybridized carbons (Fsp3) is 0.750. The van der Waals surface area contributed by atoms with Crippen molar-refractivity contribution in [2.45, 2.75) is 110 Å². The second kappa shape index (κ2) is 19.8. The number of Topliss-reactive ketones (excluding diaryl/α,β-unsaturated/α-hetero) is 1. The van der Waals surface area contributed by atoms with Gasteiger partial charge in [-0.25, -0.2) is 4.57 Å². The Kier molecular flexibility index (Phi) is 18.0. The first-order valence-corrected chi connectivity index (χ1v) is 15.3. The molecule has 0 radical (unpaired) electrons. The predicted molar refractivity (Wildman–Crippen MR) is 146 cm³/mol. The van der Waals surface area contributed by atoms with E-state index in [1.54, 1.807) is 6.92 Å². The molecule has 0 saturated heterocycles. The number of hydrogen-bond donors (Lipinski definition) is 2. The monoisotopic (exact) mass is 527 g/mol. The molecule has 1 rings (SSSR count). The Labute approximate surface area is 219 Å². The standard InChI is InChI=1S/C28H50NO6P/c1-4-5-6-7-8-9-10-11-12-13-14-18-33-28-17-15-16-26(21-28)20-27(19-24(2)30)23-34-36(31,32)35-25(3)22-29/h15-17,21,25,27H,4-14,18-20,22-23,29H2,1-3H3,(H,31,32). The van der Waals surface area contributed by atoms with E-state index in [0.717, 1.165) is 17.7 Å². The Morgan fingerprint density at radius 1 is 1.03 bits per heavy atom. The number of ketones is 1. The van der Waals surface area contributed by atoms with E-state index >= 15 is 0 Å². The largest absolute Gasteiger partial charge is 0.494 e. The van der Waals surface area contributed by atoms with E-state index in [4.69, 9.17) is 19.5 Å². The number of rotatable bonds is 23. The topological polar surface area (TPSA) is 108 Å². The zero-order valence-corrected chi connectivity index (χ0v) is 23.7. The van der Waals surface area contributed by atoms with Crippen molar-refractivity contribution in [3.8, 4) is 5.75 Å². The molecular weight excluding hydrogens is 477 g/mol. The van der Waals surface area contributed by atoms with Crippen molar-refractivity contribution in [1.29, 1.82) is 0 Å². The maximum Gasteiger partial charge on any atom is 0.472 e. The fourth-order valence-corrected chi connectivity index (χ4v) is 5.15. The molecule has 0 aliphatic heterocycles. The van der Waals surface area contributed by atoms with E-state index in [-0.39, 0.29) is 31.3 Å². The van der Waals surface area contributed by atoms with Crippen LogP contribution < -0.4 is 10.5 Å². The lowest BCUT2D eigenvalue weighted by molar-refractivity contribution is -0.118. The number of hydrogen-bond acceptors (Lipinski definition) is 6. The summed E-state index contributed by atoms with van der Waals surface area (Å²) in [6.07, 6.45) is 14.5. The van der Waals surface area contributed by atoms with E-state index in [0.29, 0.717) is 13.0 Å². The minimum Gasteiger partial charge on any atom is -0.494 e. The first kappa shape index (κ1) is 32.8. The van der Waals surface area contributed by atoms with Crippen LogP contribution in [0, 0.1) is 5.92 Å². The second-order valence-electron chi connectivity index (χ2n) is 9.92. The van der Waals surface area contributed by atoms with Crippen LogP contribution in [0.5, 0.6) is 5.75 Å². The molecule has 7 nitrogen and oxygen atoms in total. The number of phosphoric acid groups is 1. The molecule has 3 unspecified atom stereocenters. The smallest absolute Gasteiger partial charge is 0.472 e. The molecule has 0 fully saturated rings. The van der Waals surface area contributed by atoms with Crippen molar-refractivity contribution in [3.63, 3.8) is 0 Å². The number of carbonyl (C=O) groups excluding carboxylic acids is 1. The van der Waals surface area contributed by atoms with Gasteiger partial charge in [0.15, 0.2) is 0 Å². The lowest BCUT2D eigenvalue weighted by Crippen LogP contribution is -2.21. The van der Waals surface area contributed by atoms with Gasteiger partial charge in [-0.3, -0.25) is 9.05 Å². The van der Waals surface area contributed by atoms with Gasteiger partial charge in [-0.15, -0.1) is 0 Å². The molecule has 0 bridgehead atoms. The molecule has 0 saturated carbocycles. The third-order valence-corrected chi connectivity index (χ3v) is 7.24. The maximum absolute atomic E-state index is 12.1. The predicted octanol–water partition coefficient (Wildman–Crippen LogP) is 7.00. The van der Waals surface area contributed by atoms with Crippen molar-refractivity contribution in [2.75, 3.05) is 19.8 Å². The number of phosphoric ester groups is 1. The van der Waals surface area contributed by atoms with Gasteiger partial charge in [-0.05, 0) is 50.3 Å². The summed E-state index contributed by atoms with van der Waals surface area (Å²) < 4.78 is 28.2. The molecule has 0 amide bonds. The molecule has 3 atom stereocenters. The summed E-state index contributed by atoms with van der Waals surface area (Å²) in [7, 11) is -4.23. The van der Waals surface area contributed by atoms with Crippen LogP contribution in [0.1, 0.15) is 103 Å². The van der Waals surface area contributed by atoms with E-state index in [1.807, 2.05) is 24.3 Å². The summed E-state index contributed by atoms with van der Waals surface area (Å²) >= 11 is 0. The van der Waals surface area contributed by atoms with E-state index in [2.05, 4.69) is 6.92 Å². The normalized spacial score (nSPS) is 14.8. The SMILES string of the molecule is CCCCCCCCCCCCCOc1cccc(CC(COP(=O)(O)OC(C)CN)CC(C)=O)c1. The second-order valence-corrected chi connectivity index (χ2v) is 11.3. The first-order valence-electron chi connectivity index (χ1n) is 13.8. The van der Waals surface area contributed by atoms with Crippen LogP contribution in [0.2, 0.25) is 0 Å². The summed E-state index contributed by atoms with van der Waals surface area (Å²) in [5, 5.41) is 0. The lowest BCUT2D eigenvalue weighted by atomic mass is 9.95. The summed E-state index contributed by atoms with van der Waals surface area (Å²) in [4.78, 5) is 21.6.